The van der Waals surface area contributed by atoms with Crippen LogP contribution in [0.4, 0.5) is 0 Å². The molecule has 0 N–H and O–H groups in total. The molecule has 12 heavy (non-hydrogen) atoms. The first-order valence-corrected chi connectivity index (χ1v) is 3.72. The second kappa shape index (κ2) is 2.48. The van der Waals surface area contributed by atoms with Crippen molar-refractivity contribution in [2.45, 2.75) is 0 Å². The molecule has 1 aliphatic rings. The number of hydrogen-bond acceptors (Lipinski definition) is 2. The topological polar surface area (TPSA) is 26.3 Å². The molecule has 0 aromatic heterocycles. The highest BCUT2D eigenvalue weighted by atomic mass is 16.5. The van der Waals surface area contributed by atoms with Gasteiger partial charge in [-0.05, 0) is 23.3 Å². The number of fused-ring (bicyclic) bond motifs is 1. The summed E-state index contributed by atoms with van der Waals surface area (Å²) in [6, 6.07) is 5.52. The molecule has 60 valence electrons. The number of hydrogen-bond donors (Lipinski definition) is 0. The van der Waals surface area contributed by atoms with Crippen molar-refractivity contribution in [3.8, 4) is 0 Å². The van der Waals surface area contributed by atoms with Crippen molar-refractivity contribution in [3.05, 3.63) is 34.9 Å². The van der Waals surface area contributed by atoms with E-state index in [1.54, 1.807) is 6.07 Å². The summed E-state index contributed by atoms with van der Waals surface area (Å²) < 4.78 is 4.59. The van der Waals surface area contributed by atoms with Gasteiger partial charge in [0.15, 0.2) is 0 Å². The number of esters is 1. The third-order valence-corrected chi connectivity index (χ3v) is 1.95. The fourth-order valence-corrected chi connectivity index (χ4v) is 1.20. The van der Waals surface area contributed by atoms with Crippen LogP contribution < -0.4 is 0 Å². The molecule has 0 aliphatic heterocycles. The Kier molecular flexibility index (Phi) is 1.47. The Morgan fingerprint density at radius 2 is 2.00 bits per heavy atom. The lowest BCUT2D eigenvalue weighted by Crippen LogP contribution is -2.02. The summed E-state index contributed by atoms with van der Waals surface area (Å²) in [6.07, 6.45) is 3.98. The molecule has 1 aromatic rings. The monoisotopic (exact) mass is 160 g/mol. The highest BCUT2D eigenvalue weighted by molar-refractivity contribution is 5.94. The highest BCUT2D eigenvalue weighted by Crippen LogP contribution is 2.24. The molecule has 0 saturated heterocycles. The number of carbonyl (C=O) groups is 1. The van der Waals surface area contributed by atoms with Crippen molar-refractivity contribution in [3.63, 3.8) is 0 Å². The van der Waals surface area contributed by atoms with Gasteiger partial charge >= 0.3 is 5.97 Å². The second-order valence-corrected chi connectivity index (χ2v) is 2.67. The van der Waals surface area contributed by atoms with Crippen molar-refractivity contribution >= 4 is 18.1 Å². The van der Waals surface area contributed by atoms with Gasteiger partial charge in [0.05, 0.1) is 12.7 Å². The van der Waals surface area contributed by atoms with Crippen molar-refractivity contribution < 1.29 is 9.53 Å². The first-order valence-electron chi connectivity index (χ1n) is 3.72. The van der Waals surface area contributed by atoms with E-state index in [1.807, 2.05) is 24.3 Å². The fourth-order valence-electron chi connectivity index (χ4n) is 1.20. The molecule has 0 atom stereocenters. The molecule has 2 nitrogen and oxygen atoms in total. The Labute approximate surface area is 70.5 Å². The maximum Gasteiger partial charge on any atom is 0.337 e. The first kappa shape index (κ1) is 7.10. The fraction of sp³-hybridized carbons (Fsp3) is 0.100. The van der Waals surface area contributed by atoms with Crippen molar-refractivity contribution in [1.82, 2.24) is 0 Å². The predicted molar refractivity (Wildman–Crippen MR) is 46.7 cm³/mol. The van der Waals surface area contributed by atoms with Crippen LogP contribution >= 0.6 is 0 Å². The largest absolute Gasteiger partial charge is 0.465 e. The summed E-state index contributed by atoms with van der Waals surface area (Å²) in [5.74, 6) is -0.280. The van der Waals surface area contributed by atoms with E-state index in [0.29, 0.717) is 5.56 Å². The molecule has 1 aliphatic carbocycles. The van der Waals surface area contributed by atoms with Crippen LogP contribution in [0.2, 0.25) is 0 Å². The molecule has 0 unspecified atom stereocenters. The quantitative estimate of drug-likeness (QED) is 0.596. The zero-order valence-electron chi connectivity index (χ0n) is 6.70. The van der Waals surface area contributed by atoms with Gasteiger partial charge < -0.3 is 4.74 Å². The number of methoxy groups -OCH3 is 1. The minimum Gasteiger partial charge on any atom is -0.465 e. The van der Waals surface area contributed by atoms with E-state index in [-0.39, 0.29) is 5.97 Å². The van der Waals surface area contributed by atoms with Crippen molar-refractivity contribution in [1.29, 1.82) is 0 Å². The molecule has 0 spiro atoms. The Bertz CT molecular complexity index is 364. The van der Waals surface area contributed by atoms with Crippen LogP contribution in [0.25, 0.3) is 12.2 Å². The maximum atomic E-state index is 11.1. The Balaban J connectivity index is 2.38. The van der Waals surface area contributed by atoms with Gasteiger partial charge in [-0.15, -0.1) is 0 Å². The molecule has 0 amide bonds. The molecule has 0 heterocycles. The standard InChI is InChI=1S/C10H8O2/c1-12-10(11)9-5-3-7-2-4-8(7)6-9/h2-6H,1H3. The SMILES string of the molecule is COC(=O)c1ccc2c(c1)C=C2. The van der Waals surface area contributed by atoms with E-state index in [4.69, 9.17) is 0 Å². The molecule has 2 rings (SSSR count). The number of carbonyl (C=O) groups excluding carboxylic acids is 1. The smallest absolute Gasteiger partial charge is 0.337 e. The third-order valence-electron chi connectivity index (χ3n) is 1.95. The van der Waals surface area contributed by atoms with Gasteiger partial charge in [0, 0.05) is 0 Å². The van der Waals surface area contributed by atoms with Gasteiger partial charge in [-0.25, -0.2) is 4.79 Å². The Morgan fingerprint density at radius 3 is 2.50 bits per heavy atom. The lowest BCUT2D eigenvalue weighted by molar-refractivity contribution is 0.0600. The molecule has 0 bridgehead atoms. The summed E-state index contributed by atoms with van der Waals surface area (Å²) in [5.41, 5.74) is 2.90. The van der Waals surface area contributed by atoms with Crippen LogP contribution in [0.15, 0.2) is 18.2 Å². The van der Waals surface area contributed by atoms with Crippen LogP contribution in [-0.2, 0) is 4.74 Å². The minimum absolute atomic E-state index is 0.280. The first-order chi connectivity index (χ1) is 5.81. The molecule has 0 fully saturated rings. The van der Waals surface area contributed by atoms with E-state index in [0.717, 1.165) is 5.56 Å². The van der Waals surface area contributed by atoms with Crippen molar-refractivity contribution in [2.24, 2.45) is 0 Å². The second-order valence-electron chi connectivity index (χ2n) is 2.67. The summed E-state index contributed by atoms with van der Waals surface area (Å²) >= 11 is 0. The zero-order valence-corrected chi connectivity index (χ0v) is 6.70. The third kappa shape index (κ3) is 0.925. The molecular formula is C10H8O2. The predicted octanol–water partition coefficient (Wildman–Crippen LogP) is 1.96. The van der Waals surface area contributed by atoms with Gasteiger partial charge in [-0.3, -0.25) is 0 Å². The minimum atomic E-state index is -0.280. The van der Waals surface area contributed by atoms with Crippen LogP contribution in [0.1, 0.15) is 21.5 Å². The van der Waals surface area contributed by atoms with Crippen molar-refractivity contribution in [2.75, 3.05) is 7.11 Å². The average Bonchev–Trinajstić information content (AvgIpc) is 2.06. The highest BCUT2D eigenvalue weighted by Gasteiger charge is 2.10. The normalized spacial score (nSPS) is 11.8. The van der Waals surface area contributed by atoms with Crippen LogP contribution in [0, 0.1) is 0 Å². The number of rotatable bonds is 1. The molecule has 0 saturated carbocycles. The van der Waals surface area contributed by atoms with Crippen LogP contribution in [-0.4, -0.2) is 13.1 Å². The number of benzene rings is 1. The van der Waals surface area contributed by atoms with E-state index in [9.17, 15) is 4.79 Å². The maximum absolute atomic E-state index is 11.1. The zero-order chi connectivity index (χ0) is 8.55. The Hall–Kier alpha value is -1.57. The van der Waals surface area contributed by atoms with Crippen LogP contribution in [0.3, 0.4) is 0 Å². The molecule has 1 aromatic carbocycles. The summed E-state index contributed by atoms with van der Waals surface area (Å²) in [5, 5.41) is 0. The van der Waals surface area contributed by atoms with Gasteiger partial charge in [0.1, 0.15) is 0 Å². The molecule has 0 radical (unpaired) electrons. The van der Waals surface area contributed by atoms with Gasteiger partial charge in [-0.2, -0.15) is 0 Å². The van der Waals surface area contributed by atoms with Gasteiger partial charge in [-0.1, -0.05) is 18.2 Å². The Morgan fingerprint density at radius 1 is 1.25 bits per heavy atom. The van der Waals surface area contributed by atoms with Gasteiger partial charge in [0.2, 0.25) is 0 Å². The lowest BCUT2D eigenvalue weighted by Gasteiger charge is -2.10. The average molecular weight is 160 g/mol. The van der Waals surface area contributed by atoms with Gasteiger partial charge in [0.25, 0.3) is 0 Å². The molecular weight excluding hydrogens is 152 g/mol. The van der Waals surface area contributed by atoms with Crippen LogP contribution in [0.5, 0.6) is 0 Å². The molecule has 2 heteroatoms. The lowest BCUT2D eigenvalue weighted by atomic mass is 9.96. The van der Waals surface area contributed by atoms with E-state index < -0.39 is 0 Å². The van der Waals surface area contributed by atoms with E-state index in [2.05, 4.69) is 4.74 Å². The van der Waals surface area contributed by atoms with E-state index >= 15 is 0 Å². The summed E-state index contributed by atoms with van der Waals surface area (Å²) in [4.78, 5) is 11.1. The number of ether oxygens (including phenoxy) is 1. The van der Waals surface area contributed by atoms with E-state index in [1.165, 1.54) is 12.7 Å². The summed E-state index contributed by atoms with van der Waals surface area (Å²) in [6.45, 7) is 0. The summed E-state index contributed by atoms with van der Waals surface area (Å²) in [7, 11) is 1.39.